The maximum absolute atomic E-state index is 10.8. The van der Waals surface area contributed by atoms with Crippen molar-refractivity contribution >= 4 is 5.78 Å². The predicted octanol–water partition coefficient (Wildman–Crippen LogP) is 4.34. The molecule has 1 rings (SSSR count). The van der Waals surface area contributed by atoms with E-state index in [0.29, 0.717) is 12.3 Å². The van der Waals surface area contributed by atoms with Crippen LogP contribution in [0.4, 0.5) is 0 Å². The second-order valence-electron chi connectivity index (χ2n) is 5.09. The van der Waals surface area contributed by atoms with Crippen LogP contribution in [-0.4, -0.2) is 12.4 Å². The highest BCUT2D eigenvalue weighted by molar-refractivity contribution is 5.75. The molecule has 0 saturated heterocycles. The zero-order valence-electron chi connectivity index (χ0n) is 11.7. The normalized spacial score (nSPS) is 10.7. The SMILES string of the molecule is CC(=O)CCCCCOc1cccc(C(C)C)c1. The van der Waals surface area contributed by atoms with Gasteiger partial charge in [-0.05, 0) is 49.8 Å². The number of unbranched alkanes of at least 4 members (excludes halogenated alkanes) is 2. The molecule has 0 heterocycles. The lowest BCUT2D eigenvalue weighted by molar-refractivity contribution is -0.117. The van der Waals surface area contributed by atoms with Gasteiger partial charge in [0, 0.05) is 6.42 Å². The molecule has 0 N–H and O–H groups in total. The van der Waals surface area contributed by atoms with Crippen molar-refractivity contribution in [2.24, 2.45) is 0 Å². The lowest BCUT2D eigenvalue weighted by atomic mass is 10.0. The number of hydrogen-bond acceptors (Lipinski definition) is 2. The predicted molar refractivity (Wildman–Crippen MR) is 75.2 cm³/mol. The topological polar surface area (TPSA) is 26.3 Å². The van der Waals surface area contributed by atoms with E-state index in [2.05, 4.69) is 26.0 Å². The Balaban J connectivity index is 2.23. The highest BCUT2D eigenvalue weighted by Crippen LogP contribution is 2.20. The lowest BCUT2D eigenvalue weighted by Crippen LogP contribution is -1.99. The summed E-state index contributed by atoms with van der Waals surface area (Å²) >= 11 is 0. The molecule has 0 unspecified atom stereocenters. The molecular weight excluding hydrogens is 224 g/mol. The van der Waals surface area contributed by atoms with Gasteiger partial charge < -0.3 is 9.53 Å². The number of rotatable bonds is 8. The fourth-order valence-electron chi connectivity index (χ4n) is 1.81. The van der Waals surface area contributed by atoms with E-state index in [1.54, 1.807) is 6.92 Å². The van der Waals surface area contributed by atoms with E-state index >= 15 is 0 Å². The average Bonchev–Trinajstić information content (AvgIpc) is 2.33. The first-order valence-corrected chi connectivity index (χ1v) is 6.82. The second kappa shape index (κ2) is 7.91. The van der Waals surface area contributed by atoms with Crippen LogP contribution in [0, 0.1) is 0 Å². The van der Waals surface area contributed by atoms with Gasteiger partial charge >= 0.3 is 0 Å². The molecule has 1 aromatic carbocycles. The molecule has 2 heteroatoms. The Hall–Kier alpha value is -1.31. The average molecular weight is 248 g/mol. The van der Waals surface area contributed by atoms with Gasteiger partial charge in [0.25, 0.3) is 0 Å². The van der Waals surface area contributed by atoms with Gasteiger partial charge in [0.2, 0.25) is 0 Å². The van der Waals surface area contributed by atoms with Crippen LogP contribution in [0.3, 0.4) is 0 Å². The molecule has 0 aromatic heterocycles. The summed E-state index contributed by atoms with van der Waals surface area (Å²) < 4.78 is 5.72. The Morgan fingerprint density at radius 3 is 2.67 bits per heavy atom. The highest BCUT2D eigenvalue weighted by atomic mass is 16.5. The fourth-order valence-corrected chi connectivity index (χ4v) is 1.81. The molecule has 2 nitrogen and oxygen atoms in total. The smallest absolute Gasteiger partial charge is 0.129 e. The molecule has 0 bridgehead atoms. The van der Waals surface area contributed by atoms with Crippen molar-refractivity contribution in [3.63, 3.8) is 0 Å². The van der Waals surface area contributed by atoms with Crippen molar-refractivity contribution < 1.29 is 9.53 Å². The lowest BCUT2D eigenvalue weighted by Gasteiger charge is -2.09. The molecule has 0 atom stereocenters. The Bertz CT molecular complexity index is 369. The maximum atomic E-state index is 10.8. The van der Waals surface area contributed by atoms with E-state index in [9.17, 15) is 4.79 Å². The number of ketones is 1. The third kappa shape index (κ3) is 5.85. The number of Topliss-reactive ketones (excluding diaryl/α,β-unsaturated/α-hetero) is 1. The summed E-state index contributed by atoms with van der Waals surface area (Å²) in [5.41, 5.74) is 1.31. The zero-order chi connectivity index (χ0) is 13.4. The molecule has 18 heavy (non-hydrogen) atoms. The quantitative estimate of drug-likeness (QED) is 0.640. The summed E-state index contributed by atoms with van der Waals surface area (Å²) in [7, 11) is 0. The zero-order valence-corrected chi connectivity index (χ0v) is 11.7. The molecule has 0 aliphatic heterocycles. The number of carbonyl (C=O) groups is 1. The molecular formula is C16H24O2. The summed E-state index contributed by atoms with van der Waals surface area (Å²) in [5.74, 6) is 1.76. The number of hydrogen-bond donors (Lipinski definition) is 0. The van der Waals surface area contributed by atoms with Crippen molar-refractivity contribution in [3.8, 4) is 5.75 Å². The first kappa shape index (κ1) is 14.7. The summed E-state index contributed by atoms with van der Waals surface area (Å²) in [4.78, 5) is 10.8. The second-order valence-corrected chi connectivity index (χ2v) is 5.09. The summed E-state index contributed by atoms with van der Waals surface area (Å²) in [6.07, 6.45) is 3.75. The molecule has 0 saturated carbocycles. The minimum atomic E-state index is 0.278. The van der Waals surface area contributed by atoms with Crippen molar-refractivity contribution in [3.05, 3.63) is 29.8 Å². The minimum absolute atomic E-state index is 0.278. The van der Waals surface area contributed by atoms with Gasteiger partial charge in [-0.15, -0.1) is 0 Å². The minimum Gasteiger partial charge on any atom is -0.494 e. The van der Waals surface area contributed by atoms with Crippen LogP contribution in [0.2, 0.25) is 0 Å². The summed E-state index contributed by atoms with van der Waals surface area (Å²) in [6.45, 7) is 6.75. The van der Waals surface area contributed by atoms with E-state index in [1.807, 2.05) is 12.1 Å². The van der Waals surface area contributed by atoms with Crippen LogP contribution >= 0.6 is 0 Å². The Labute approximate surface area is 110 Å². The van der Waals surface area contributed by atoms with E-state index < -0.39 is 0 Å². The third-order valence-electron chi connectivity index (χ3n) is 2.97. The summed E-state index contributed by atoms with van der Waals surface area (Å²) in [6, 6.07) is 8.28. The maximum Gasteiger partial charge on any atom is 0.129 e. The molecule has 0 radical (unpaired) electrons. The van der Waals surface area contributed by atoms with Gasteiger partial charge in [-0.1, -0.05) is 26.0 Å². The molecule has 0 spiro atoms. The van der Waals surface area contributed by atoms with Gasteiger partial charge in [0.05, 0.1) is 6.61 Å². The fraction of sp³-hybridized carbons (Fsp3) is 0.562. The largest absolute Gasteiger partial charge is 0.494 e. The molecule has 0 amide bonds. The van der Waals surface area contributed by atoms with Gasteiger partial charge in [-0.2, -0.15) is 0 Å². The van der Waals surface area contributed by atoms with Crippen LogP contribution in [0.25, 0.3) is 0 Å². The summed E-state index contributed by atoms with van der Waals surface area (Å²) in [5, 5.41) is 0. The van der Waals surface area contributed by atoms with E-state index in [1.165, 1.54) is 5.56 Å². The van der Waals surface area contributed by atoms with Gasteiger partial charge in [-0.3, -0.25) is 0 Å². The van der Waals surface area contributed by atoms with E-state index in [0.717, 1.165) is 31.6 Å². The van der Waals surface area contributed by atoms with Gasteiger partial charge in [0.1, 0.15) is 11.5 Å². The van der Waals surface area contributed by atoms with Crippen LogP contribution in [0.1, 0.15) is 57.9 Å². The highest BCUT2D eigenvalue weighted by Gasteiger charge is 2.01. The molecule has 0 fully saturated rings. The Kier molecular flexibility index (Phi) is 6.48. The molecule has 1 aromatic rings. The first-order valence-electron chi connectivity index (χ1n) is 6.82. The van der Waals surface area contributed by atoms with Crippen molar-refractivity contribution in [2.45, 2.75) is 52.4 Å². The van der Waals surface area contributed by atoms with Gasteiger partial charge in [-0.25, -0.2) is 0 Å². The standard InChI is InChI=1S/C16H24O2/c1-13(2)15-9-7-10-16(12-15)18-11-6-4-5-8-14(3)17/h7,9-10,12-13H,4-6,8,11H2,1-3H3. The van der Waals surface area contributed by atoms with Crippen LogP contribution in [0.5, 0.6) is 5.75 Å². The van der Waals surface area contributed by atoms with Crippen molar-refractivity contribution in [2.75, 3.05) is 6.61 Å². The van der Waals surface area contributed by atoms with E-state index in [-0.39, 0.29) is 5.78 Å². The van der Waals surface area contributed by atoms with E-state index in [4.69, 9.17) is 4.74 Å². The number of carbonyl (C=O) groups excluding carboxylic acids is 1. The Morgan fingerprint density at radius 1 is 1.22 bits per heavy atom. The van der Waals surface area contributed by atoms with Crippen LogP contribution in [-0.2, 0) is 4.79 Å². The third-order valence-corrected chi connectivity index (χ3v) is 2.97. The van der Waals surface area contributed by atoms with Gasteiger partial charge in [0.15, 0.2) is 0 Å². The molecule has 0 aliphatic rings. The molecule has 100 valence electrons. The monoisotopic (exact) mass is 248 g/mol. The Morgan fingerprint density at radius 2 is 2.00 bits per heavy atom. The number of ether oxygens (including phenoxy) is 1. The van der Waals surface area contributed by atoms with Crippen molar-refractivity contribution in [1.82, 2.24) is 0 Å². The number of benzene rings is 1. The first-order chi connectivity index (χ1) is 8.59. The van der Waals surface area contributed by atoms with Crippen molar-refractivity contribution in [1.29, 1.82) is 0 Å². The van der Waals surface area contributed by atoms with Crippen LogP contribution in [0.15, 0.2) is 24.3 Å². The molecule has 0 aliphatic carbocycles. The van der Waals surface area contributed by atoms with Crippen LogP contribution < -0.4 is 4.74 Å².